The zero-order chi connectivity index (χ0) is 18.7. The Hall–Kier alpha value is -2.50. The van der Waals surface area contributed by atoms with Crippen LogP contribution in [0.4, 0.5) is 4.39 Å². The van der Waals surface area contributed by atoms with Gasteiger partial charge in [0.25, 0.3) is 5.56 Å². The van der Waals surface area contributed by atoms with Crippen molar-refractivity contribution in [3.05, 3.63) is 63.1 Å². The fraction of sp³-hybridized carbons (Fsp3) is 0.450. The quantitative estimate of drug-likeness (QED) is 0.895. The third-order valence-electron chi connectivity index (χ3n) is 4.99. The van der Waals surface area contributed by atoms with Crippen LogP contribution in [-0.4, -0.2) is 33.4 Å². The highest BCUT2D eigenvalue weighted by molar-refractivity contribution is 5.77. The number of carbonyl (C=O) groups excluding carboxylic acids is 1. The summed E-state index contributed by atoms with van der Waals surface area (Å²) in [6, 6.07) is 6.65. The second kappa shape index (κ2) is 7.81. The summed E-state index contributed by atoms with van der Waals surface area (Å²) in [5.74, 6) is 0.375. The molecule has 3 rings (SSSR count). The number of hydrogen-bond donors (Lipinski definition) is 1. The van der Waals surface area contributed by atoms with Gasteiger partial charge in [-0.15, -0.1) is 0 Å². The molecule has 0 bridgehead atoms. The number of benzene rings is 1. The molecular formula is C20H24FN3O2. The number of nitrogens with zero attached hydrogens (tertiary/aromatic N) is 2. The van der Waals surface area contributed by atoms with Crippen LogP contribution in [0.5, 0.6) is 0 Å². The van der Waals surface area contributed by atoms with Gasteiger partial charge in [-0.3, -0.25) is 9.59 Å². The maximum atomic E-state index is 13.4. The number of likely N-dealkylation sites (tertiary alicyclic amines) is 1. The normalized spacial score (nSPS) is 16.9. The minimum atomic E-state index is -0.250. The van der Waals surface area contributed by atoms with E-state index in [9.17, 15) is 14.0 Å². The first-order valence-corrected chi connectivity index (χ1v) is 9.04. The first-order chi connectivity index (χ1) is 12.4. The highest BCUT2D eigenvalue weighted by atomic mass is 19.1. The topological polar surface area (TPSA) is 66.1 Å². The Morgan fingerprint density at radius 3 is 2.92 bits per heavy atom. The van der Waals surface area contributed by atoms with Crippen LogP contribution in [0, 0.1) is 19.7 Å². The van der Waals surface area contributed by atoms with E-state index >= 15 is 0 Å². The van der Waals surface area contributed by atoms with Gasteiger partial charge >= 0.3 is 0 Å². The molecule has 1 fully saturated rings. The molecule has 1 aromatic carbocycles. The molecule has 1 N–H and O–H groups in total. The van der Waals surface area contributed by atoms with Crippen LogP contribution >= 0.6 is 0 Å². The van der Waals surface area contributed by atoms with Crippen LogP contribution in [-0.2, 0) is 17.6 Å². The van der Waals surface area contributed by atoms with Crippen molar-refractivity contribution in [2.24, 2.45) is 0 Å². The first kappa shape index (κ1) is 18.3. The predicted molar refractivity (Wildman–Crippen MR) is 97.5 cm³/mol. The van der Waals surface area contributed by atoms with Crippen molar-refractivity contribution in [3.8, 4) is 0 Å². The van der Waals surface area contributed by atoms with Crippen LogP contribution in [0.15, 0.2) is 29.1 Å². The number of amides is 1. The van der Waals surface area contributed by atoms with E-state index in [2.05, 4.69) is 9.97 Å². The smallest absolute Gasteiger partial charge is 0.254 e. The molecule has 0 unspecified atom stereocenters. The lowest BCUT2D eigenvalue weighted by Crippen LogP contribution is -2.37. The number of aromatic nitrogens is 2. The maximum Gasteiger partial charge on any atom is 0.254 e. The second-order valence-corrected chi connectivity index (χ2v) is 6.93. The molecule has 0 aliphatic carbocycles. The molecule has 1 saturated heterocycles. The lowest BCUT2D eigenvalue weighted by atomic mass is 10.0. The van der Waals surface area contributed by atoms with Crippen molar-refractivity contribution >= 4 is 5.91 Å². The highest BCUT2D eigenvalue weighted by Crippen LogP contribution is 2.23. The number of nitrogens with one attached hydrogen (secondary N) is 1. The van der Waals surface area contributed by atoms with Crippen LogP contribution in [0.2, 0.25) is 0 Å². The fourth-order valence-corrected chi connectivity index (χ4v) is 3.73. The van der Waals surface area contributed by atoms with Gasteiger partial charge in [0, 0.05) is 30.3 Å². The van der Waals surface area contributed by atoms with Gasteiger partial charge in [-0.05, 0) is 57.2 Å². The number of aromatic amines is 1. The molecule has 0 radical (unpaired) electrons. The summed E-state index contributed by atoms with van der Waals surface area (Å²) in [5, 5.41) is 0. The highest BCUT2D eigenvalue weighted by Gasteiger charge is 2.28. The lowest BCUT2D eigenvalue weighted by molar-refractivity contribution is -0.131. The van der Waals surface area contributed by atoms with E-state index in [4.69, 9.17) is 0 Å². The van der Waals surface area contributed by atoms with Crippen molar-refractivity contribution in [1.29, 1.82) is 0 Å². The molecule has 1 aliphatic rings. The van der Waals surface area contributed by atoms with Crippen LogP contribution in [0.1, 0.15) is 41.9 Å². The fourth-order valence-electron chi connectivity index (χ4n) is 3.73. The summed E-state index contributed by atoms with van der Waals surface area (Å²) in [5.41, 5.74) is 1.99. The van der Waals surface area contributed by atoms with Gasteiger partial charge in [0.05, 0.1) is 0 Å². The molecule has 0 spiro atoms. The molecule has 2 aromatic rings. The van der Waals surface area contributed by atoms with E-state index in [1.165, 1.54) is 12.1 Å². The molecule has 1 atom stereocenters. The summed E-state index contributed by atoms with van der Waals surface area (Å²) in [4.78, 5) is 33.6. The molecule has 5 nitrogen and oxygen atoms in total. The number of rotatable bonds is 5. The third-order valence-corrected chi connectivity index (χ3v) is 4.99. The monoisotopic (exact) mass is 357 g/mol. The number of hydrogen-bond acceptors (Lipinski definition) is 3. The van der Waals surface area contributed by atoms with Gasteiger partial charge in [0.2, 0.25) is 5.91 Å². The van der Waals surface area contributed by atoms with E-state index in [1.807, 2.05) is 11.0 Å². The molecule has 2 heterocycles. The summed E-state index contributed by atoms with van der Waals surface area (Å²) in [7, 11) is 0. The summed E-state index contributed by atoms with van der Waals surface area (Å²) >= 11 is 0. The second-order valence-electron chi connectivity index (χ2n) is 6.93. The minimum Gasteiger partial charge on any atom is -0.339 e. The number of carbonyl (C=O) groups is 1. The average Bonchev–Trinajstić information content (AvgIpc) is 3.02. The average molecular weight is 357 g/mol. The van der Waals surface area contributed by atoms with E-state index in [0.717, 1.165) is 24.9 Å². The zero-order valence-electron chi connectivity index (χ0n) is 15.2. The van der Waals surface area contributed by atoms with Gasteiger partial charge in [-0.2, -0.15) is 0 Å². The lowest BCUT2D eigenvalue weighted by Gasteiger charge is -2.25. The van der Waals surface area contributed by atoms with E-state index in [-0.39, 0.29) is 29.7 Å². The van der Waals surface area contributed by atoms with Crippen molar-refractivity contribution in [2.75, 3.05) is 6.54 Å². The third kappa shape index (κ3) is 4.18. The molecule has 1 aliphatic heterocycles. The molecule has 1 aromatic heterocycles. The summed E-state index contributed by atoms with van der Waals surface area (Å²) in [6.07, 6.45) is 3.21. The number of H-pyrrole nitrogens is 1. The first-order valence-electron chi connectivity index (χ1n) is 9.04. The summed E-state index contributed by atoms with van der Waals surface area (Å²) < 4.78 is 13.4. The molecular weight excluding hydrogens is 333 g/mol. The predicted octanol–water partition coefficient (Wildman–Crippen LogP) is 2.69. The molecule has 0 saturated carbocycles. The Labute approximate surface area is 152 Å². The van der Waals surface area contributed by atoms with Crippen LogP contribution < -0.4 is 5.56 Å². The Balaban J connectivity index is 1.64. The van der Waals surface area contributed by atoms with Gasteiger partial charge < -0.3 is 9.88 Å². The van der Waals surface area contributed by atoms with Crippen LogP contribution in [0.25, 0.3) is 0 Å². The molecule has 6 heteroatoms. The summed E-state index contributed by atoms with van der Waals surface area (Å²) in [6.45, 7) is 4.26. The minimum absolute atomic E-state index is 0.0447. The van der Waals surface area contributed by atoms with Gasteiger partial charge in [0.1, 0.15) is 11.6 Å². The Kier molecular flexibility index (Phi) is 5.49. The van der Waals surface area contributed by atoms with E-state index < -0.39 is 0 Å². The van der Waals surface area contributed by atoms with Gasteiger partial charge in [-0.25, -0.2) is 9.37 Å². The van der Waals surface area contributed by atoms with Crippen molar-refractivity contribution < 1.29 is 9.18 Å². The van der Waals surface area contributed by atoms with Gasteiger partial charge in [-0.1, -0.05) is 12.1 Å². The zero-order valence-corrected chi connectivity index (χ0v) is 15.2. The maximum absolute atomic E-state index is 13.4. The standard InChI is InChI=1S/C20H24FN3O2/c1-13-18(20(26)23-14(2)22-13)8-9-19(25)24-10-4-7-17(24)12-15-5-3-6-16(21)11-15/h3,5-6,11,17H,4,7-10,12H2,1-2H3,(H,22,23,26)/t17-/m0/s1. The Morgan fingerprint density at radius 1 is 1.38 bits per heavy atom. The SMILES string of the molecule is Cc1nc(C)c(CCC(=O)N2CCC[C@H]2Cc2cccc(F)c2)c(=O)[nH]1. The van der Waals surface area contributed by atoms with Crippen molar-refractivity contribution in [1.82, 2.24) is 14.9 Å². The van der Waals surface area contributed by atoms with E-state index in [0.29, 0.717) is 29.9 Å². The Bertz CT molecular complexity index is 862. The Morgan fingerprint density at radius 2 is 2.19 bits per heavy atom. The van der Waals surface area contributed by atoms with Crippen molar-refractivity contribution in [2.45, 2.75) is 52.0 Å². The molecule has 26 heavy (non-hydrogen) atoms. The van der Waals surface area contributed by atoms with Gasteiger partial charge in [0.15, 0.2) is 0 Å². The number of aryl methyl sites for hydroxylation is 2. The molecule has 1 amide bonds. The van der Waals surface area contributed by atoms with Crippen molar-refractivity contribution in [3.63, 3.8) is 0 Å². The van der Waals surface area contributed by atoms with E-state index in [1.54, 1.807) is 19.9 Å². The molecule has 138 valence electrons. The van der Waals surface area contributed by atoms with Crippen LogP contribution in [0.3, 0.4) is 0 Å². The number of halogens is 1. The largest absolute Gasteiger partial charge is 0.339 e.